The highest BCUT2D eigenvalue weighted by atomic mass is 16.5. The van der Waals surface area contributed by atoms with Crippen LogP contribution in [0.2, 0.25) is 0 Å². The van der Waals surface area contributed by atoms with E-state index in [2.05, 4.69) is 22.7 Å². The Labute approximate surface area is 135 Å². The summed E-state index contributed by atoms with van der Waals surface area (Å²) in [6.07, 6.45) is 3.34. The molecule has 2 aromatic rings. The molecule has 0 saturated heterocycles. The SMILES string of the molecule is COc1ccccc1OCC(=O)N/N=C/CCc1ccccc1. The molecule has 5 heteroatoms. The van der Waals surface area contributed by atoms with E-state index in [1.807, 2.05) is 30.3 Å². The molecule has 1 N–H and O–H groups in total. The summed E-state index contributed by atoms with van der Waals surface area (Å²) in [7, 11) is 1.55. The van der Waals surface area contributed by atoms with Gasteiger partial charge in [-0.2, -0.15) is 5.10 Å². The third-order valence-electron chi connectivity index (χ3n) is 3.11. The van der Waals surface area contributed by atoms with Crippen molar-refractivity contribution in [2.75, 3.05) is 13.7 Å². The topological polar surface area (TPSA) is 59.9 Å². The van der Waals surface area contributed by atoms with Gasteiger partial charge in [0.15, 0.2) is 18.1 Å². The fourth-order valence-corrected chi connectivity index (χ4v) is 1.97. The number of hydrogen-bond donors (Lipinski definition) is 1. The first-order valence-corrected chi connectivity index (χ1v) is 7.39. The molecule has 0 spiro atoms. The molecular weight excluding hydrogens is 292 g/mol. The number of amides is 1. The maximum absolute atomic E-state index is 11.7. The summed E-state index contributed by atoms with van der Waals surface area (Å²) in [6.45, 7) is -0.115. The Balaban J connectivity index is 1.68. The first-order valence-electron chi connectivity index (χ1n) is 7.39. The number of nitrogens with zero attached hydrogens (tertiary/aromatic N) is 1. The number of ether oxygens (including phenoxy) is 2. The van der Waals surface area contributed by atoms with Crippen molar-refractivity contribution in [2.45, 2.75) is 12.8 Å². The number of rotatable bonds is 8. The molecular formula is C18H20N2O3. The number of carbonyl (C=O) groups is 1. The van der Waals surface area contributed by atoms with Gasteiger partial charge in [0.1, 0.15) is 0 Å². The Morgan fingerprint density at radius 2 is 1.78 bits per heavy atom. The largest absolute Gasteiger partial charge is 0.493 e. The monoisotopic (exact) mass is 312 g/mol. The van der Waals surface area contributed by atoms with Gasteiger partial charge < -0.3 is 9.47 Å². The Hall–Kier alpha value is -2.82. The van der Waals surface area contributed by atoms with Crippen molar-refractivity contribution in [1.82, 2.24) is 5.43 Å². The van der Waals surface area contributed by atoms with Crippen LogP contribution in [0.25, 0.3) is 0 Å². The fraction of sp³-hybridized carbons (Fsp3) is 0.222. The van der Waals surface area contributed by atoms with Crippen LogP contribution >= 0.6 is 0 Å². The second kappa shape index (κ2) is 9.25. The van der Waals surface area contributed by atoms with Gasteiger partial charge in [0.05, 0.1) is 7.11 Å². The molecule has 1 amide bonds. The molecule has 0 atom stereocenters. The summed E-state index contributed by atoms with van der Waals surface area (Å²) < 4.78 is 10.6. The molecule has 0 fully saturated rings. The zero-order valence-corrected chi connectivity index (χ0v) is 13.1. The summed E-state index contributed by atoms with van der Waals surface area (Å²) in [5, 5.41) is 3.91. The van der Waals surface area contributed by atoms with Crippen LogP contribution in [0.5, 0.6) is 11.5 Å². The number of benzene rings is 2. The molecule has 120 valence electrons. The van der Waals surface area contributed by atoms with Crippen molar-refractivity contribution in [3.8, 4) is 11.5 Å². The lowest BCUT2D eigenvalue weighted by Gasteiger charge is -2.09. The number of methoxy groups -OCH3 is 1. The quantitative estimate of drug-likeness (QED) is 0.602. The average Bonchev–Trinajstić information content (AvgIpc) is 2.60. The zero-order chi connectivity index (χ0) is 16.3. The molecule has 23 heavy (non-hydrogen) atoms. The highest BCUT2D eigenvalue weighted by Crippen LogP contribution is 2.25. The third kappa shape index (κ3) is 5.82. The Bertz CT molecular complexity index is 642. The van der Waals surface area contributed by atoms with Gasteiger partial charge in [0.25, 0.3) is 5.91 Å². The van der Waals surface area contributed by atoms with Crippen LogP contribution in [-0.4, -0.2) is 25.8 Å². The van der Waals surface area contributed by atoms with Crippen molar-refractivity contribution in [1.29, 1.82) is 0 Å². The summed E-state index contributed by atoms with van der Waals surface area (Å²) in [6, 6.07) is 17.3. The van der Waals surface area contributed by atoms with Crippen molar-refractivity contribution in [3.05, 3.63) is 60.2 Å². The van der Waals surface area contributed by atoms with Gasteiger partial charge in [0, 0.05) is 6.21 Å². The molecule has 0 aliphatic carbocycles. The van der Waals surface area contributed by atoms with Gasteiger partial charge in [-0.25, -0.2) is 5.43 Å². The molecule has 0 saturated carbocycles. The highest BCUT2D eigenvalue weighted by Gasteiger charge is 2.05. The maximum Gasteiger partial charge on any atom is 0.277 e. The van der Waals surface area contributed by atoms with Gasteiger partial charge in [-0.3, -0.25) is 4.79 Å². The van der Waals surface area contributed by atoms with E-state index in [0.717, 1.165) is 12.8 Å². The van der Waals surface area contributed by atoms with Crippen LogP contribution in [0.1, 0.15) is 12.0 Å². The van der Waals surface area contributed by atoms with Crippen molar-refractivity contribution in [3.63, 3.8) is 0 Å². The van der Waals surface area contributed by atoms with Gasteiger partial charge in [-0.05, 0) is 30.5 Å². The number of hydrogen-bond acceptors (Lipinski definition) is 4. The molecule has 0 heterocycles. The Morgan fingerprint density at radius 3 is 2.52 bits per heavy atom. The van der Waals surface area contributed by atoms with Gasteiger partial charge in [-0.1, -0.05) is 42.5 Å². The normalized spacial score (nSPS) is 10.5. The molecule has 5 nitrogen and oxygen atoms in total. The van der Waals surface area contributed by atoms with Crippen LogP contribution < -0.4 is 14.9 Å². The zero-order valence-electron chi connectivity index (χ0n) is 13.1. The summed E-state index contributed by atoms with van der Waals surface area (Å²) in [4.78, 5) is 11.7. The first kappa shape index (κ1) is 16.5. The predicted octanol–water partition coefficient (Wildman–Crippen LogP) is 2.81. The molecule has 2 aromatic carbocycles. The minimum Gasteiger partial charge on any atom is -0.493 e. The summed E-state index contributed by atoms with van der Waals surface area (Å²) in [5.41, 5.74) is 3.68. The lowest BCUT2D eigenvalue weighted by Crippen LogP contribution is -2.24. The van der Waals surface area contributed by atoms with Gasteiger partial charge in [-0.15, -0.1) is 0 Å². The van der Waals surface area contributed by atoms with Crippen LogP contribution in [0.15, 0.2) is 59.7 Å². The Kier molecular flexibility index (Phi) is 6.65. The summed E-state index contributed by atoms with van der Waals surface area (Å²) >= 11 is 0. The maximum atomic E-state index is 11.7. The lowest BCUT2D eigenvalue weighted by molar-refractivity contribution is -0.123. The van der Waals surface area contributed by atoms with Crippen molar-refractivity contribution >= 4 is 12.1 Å². The fourth-order valence-electron chi connectivity index (χ4n) is 1.97. The average molecular weight is 312 g/mol. The molecule has 0 aromatic heterocycles. The minimum atomic E-state index is -0.313. The van der Waals surface area contributed by atoms with E-state index in [-0.39, 0.29) is 12.5 Å². The van der Waals surface area contributed by atoms with Crippen LogP contribution in [-0.2, 0) is 11.2 Å². The number of nitrogens with one attached hydrogen (secondary N) is 1. The Morgan fingerprint density at radius 1 is 1.09 bits per heavy atom. The van der Waals surface area contributed by atoms with E-state index in [9.17, 15) is 4.79 Å². The van der Waals surface area contributed by atoms with E-state index in [0.29, 0.717) is 11.5 Å². The standard InChI is InChI=1S/C18H20N2O3/c1-22-16-11-5-6-12-17(16)23-14-18(21)20-19-13-7-10-15-8-3-2-4-9-15/h2-6,8-9,11-13H,7,10,14H2,1H3,(H,20,21)/b19-13+. The van der Waals surface area contributed by atoms with Crippen LogP contribution in [0.3, 0.4) is 0 Å². The van der Waals surface area contributed by atoms with Gasteiger partial charge in [0.2, 0.25) is 0 Å². The highest BCUT2D eigenvalue weighted by molar-refractivity contribution is 5.78. The second-order valence-electron chi connectivity index (χ2n) is 4.81. The molecule has 0 aliphatic heterocycles. The van der Waals surface area contributed by atoms with Crippen molar-refractivity contribution < 1.29 is 14.3 Å². The summed E-state index contributed by atoms with van der Waals surface area (Å²) in [5.74, 6) is 0.803. The second-order valence-corrected chi connectivity index (χ2v) is 4.81. The molecule has 0 radical (unpaired) electrons. The van der Waals surface area contributed by atoms with Gasteiger partial charge >= 0.3 is 0 Å². The number of para-hydroxylation sites is 2. The van der Waals surface area contributed by atoms with E-state index in [1.165, 1.54) is 5.56 Å². The minimum absolute atomic E-state index is 0.115. The number of carbonyl (C=O) groups excluding carboxylic acids is 1. The molecule has 0 unspecified atom stereocenters. The third-order valence-corrected chi connectivity index (χ3v) is 3.11. The molecule has 0 bridgehead atoms. The van der Waals surface area contributed by atoms with Crippen molar-refractivity contribution in [2.24, 2.45) is 5.10 Å². The number of aryl methyl sites for hydroxylation is 1. The van der Waals surface area contributed by atoms with E-state index in [1.54, 1.807) is 25.5 Å². The van der Waals surface area contributed by atoms with E-state index >= 15 is 0 Å². The molecule has 2 rings (SSSR count). The van der Waals surface area contributed by atoms with E-state index < -0.39 is 0 Å². The number of hydrazone groups is 1. The predicted molar refractivity (Wildman–Crippen MR) is 89.9 cm³/mol. The first-order chi connectivity index (χ1) is 11.3. The smallest absolute Gasteiger partial charge is 0.277 e. The molecule has 0 aliphatic rings. The van der Waals surface area contributed by atoms with Crippen LogP contribution in [0.4, 0.5) is 0 Å². The van der Waals surface area contributed by atoms with E-state index in [4.69, 9.17) is 9.47 Å². The van der Waals surface area contributed by atoms with Crippen LogP contribution in [0, 0.1) is 0 Å². The lowest BCUT2D eigenvalue weighted by atomic mass is 10.1.